The van der Waals surface area contributed by atoms with E-state index >= 15 is 0 Å². The van der Waals surface area contributed by atoms with E-state index in [9.17, 15) is 5.11 Å². The topological polar surface area (TPSA) is 117 Å². The van der Waals surface area contributed by atoms with Crippen LogP contribution in [0.15, 0.2) is 42.6 Å². The quantitative estimate of drug-likeness (QED) is 0.521. The summed E-state index contributed by atoms with van der Waals surface area (Å²) in [5.74, 6) is 2.72. The van der Waals surface area contributed by atoms with Gasteiger partial charge in [-0.3, -0.25) is 0 Å². The van der Waals surface area contributed by atoms with Crippen molar-refractivity contribution in [3.63, 3.8) is 0 Å². The molecule has 0 atom stereocenters. The van der Waals surface area contributed by atoms with Crippen molar-refractivity contribution in [2.75, 3.05) is 24.7 Å². The fraction of sp³-hybridized carbons (Fsp3) is 0.304. The summed E-state index contributed by atoms with van der Waals surface area (Å²) < 4.78 is 12.2. The molecular formula is C23H26N4O3. The molecule has 4 rings (SSSR count). The molecule has 7 nitrogen and oxygen atoms in total. The van der Waals surface area contributed by atoms with Crippen molar-refractivity contribution in [1.82, 2.24) is 9.97 Å². The number of hydrogen-bond acceptors (Lipinski definition) is 7. The van der Waals surface area contributed by atoms with Crippen molar-refractivity contribution < 1.29 is 14.6 Å². The number of nitrogens with two attached hydrogens (primary N) is 2. The number of aromatic nitrogens is 2. The van der Waals surface area contributed by atoms with Crippen molar-refractivity contribution in [3.05, 3.63) is 53.7 Å². The van der Waals surface area contributed by atoms with Crippen LogP contribution < -0.4 is 20.9 Å². The number of phenols is 1. The first-order valence-electron chi connectivity index (χ1n) is 10.1. The van der Waals surface area contributed by atoms with Gasteiger partial charge in [0, 0.05) is 18.2 Å². The lowest BCUT2D eigenvalue weighted by Crippen LogP contribution is -2.06. The summed E-state index contributed by atoms with van der Waals surface area (Å²) >= 11 is 0. The monoisotopic (exact) mass is 406 g/mol. The fourth-order valence-corrected chi connectivity index (χ4v) is 3.36. The van der Waals surface area contributed by atoms with Crippen LogP contribution in [-0.2, 0) is 6.42 Å². The number of aromatic hydroxyl groups is 1. The van der Waals surface area contributed by atoms with Crippen molar-refractivity contribution in [1.29, 1.82) is 0 Å². The summed E-state index contributed by atoms with van der Waals surface area (Å²) in [5, 5.41) is 10.00. The van der Waals surface area contributed by atoms with Gasteiger partial charge < -0.3 is 26.0 Å². The molecular weight excluding hydrogens is 380 g/mol. The van der Waals surface area contributed by atoms with Gasteiger partial charge in [0.2, 0.25) is 5.95 Å². The van der Waals surface area contributed by atoms with Crippen LogP contribution in [-0.4, -0.2) is 28.3 Å². The zero-order chi connectivity index (χ0) is 21.1. The summed E-state index contributed by atoms with van der Waals surface area (Å²) in [6.07, 6.45) is 4.55. The molecule has 30 heavy (non-hydrogen) atoms. The molecule has 1 heterocycles. The van der Waals surface area contributed by atoms with Crippen LogP contribution in [0.2, 0.25) is 0 Å². The Morgan fingerprint density at radius 3 is 2.53 bits per heavy atom. The average Bonchev–Trinajstić information content (AvgIpc) is 3.53. The lowest BCUT2D eigenvalue weighted by atomic mass is 9.98. The average molecular weight is 406 g/mol. The van der Waals surface area contributed by atoms with Gasteiger partial charge in [-0.2, -0.15) is 4.98 Å². The van der Waals surface area contributed by atoms with Crippen LogP contribution in [0.25, 0.3) is 11.1 Å². The Bertz CT molecular complexity index is 1050. The number of anilines is 2. The van der Waals surface area contributed by atoms with E-state index in [1.54, 1.807) is 18.3 Å². The minimum atomic E-state index is 0.152. The highest BCUT2D eigenvalue weighted by Crippen LogP contribution is 2.42. The number of nitrogens with zero attached hydrogens (tertiary/aromatic N) is 2. The van der Waals surface area contributed by atoms with E-state index in [-0.39, 0.29) is 11.7 Å². The third-order valence-electron chi connectivity index (χ3n) is 5.04. The van der Waals surface area contributed by atoms with E-state index < -0.39 is 0 Å². The Hall–Kier alpha value is -3.48. The van der Waals surface area contributed by atoms with Gasteiger partial charge in [0.25, 0.3) is 0 Å². The molecule has 0 radical (unpaired) electrons. The third-order valence-corrected chi connectivity index (χ3v) is 5.04. The standard InChI is InChI=1S/C23H26N4O3/c1-2-29-19-9-15(8-17-12-26-23(25)27-22(17)24)10-20(30-13-14-6-7-14)21(19)16-4-3-5-18(28)11-16/h3-5,9-12,14,28H,2,6-8,13H2,1H3,(H4,24,25,26,27). The summed E-state index contributed by atoms with van der Waals surface area (Å²) in [6.45, 7) is 3.11. The Morgan fingerprint density at radius 2 is 1.87 bits per heavy atom. The van der Waals surface area contributed by atoms with Crippen LogP contribution >= 0.6 is 0 Å². The third kappa shape index (κ3) is 4.56. The van der Waals surface area contributed by atoms with E-state index in [4.69, 9.17) is 20.9 Å². The van der Waals surface area contributed by atoms with Gasteiger partial charge in [-0.25, -0.2) is 4.98 Å². The number of hydrogen-bond donors (Lipinski definition) is 3. The van der Waals surface area contributed by atoms with Gasteiger partial charge in [-0.15, -0.1) is 0 Å². The molecule has 0 unspecified atom stereocenters. The predicted molar refractivity (Wildman–Crippen MR) is 117 cm³/mol. The smallest absolute Gasteiger partial charge is 0.221 e. The first-order chi connectivity index (χ1) is 14.5. The van der Waals surface area contributed by atoms with Crippen molar-refractivity contribution >= 4 is 11.8 Å². The van der Waals surface area contributed by atoms with Gasteiger partial charge in [0.1, 0.15) is 23.1 Å². The molecule has 5 N–H and O–H groups in total. The van der Waals surface area contributed by atoms with Crippen LogP contribution in [0.4, 0.5) is 11.8 Å². The summed E-state index contributed by atoms with van der Waals surface area (Å²) in [7, 11) is 0. The molecule has 0 aliphatic heterocycles. The molecule has 0 bridgehead atoms. The maximum absolute atomic E-state index is 10.00. The minimum absolute atomic E-state index is 0.152. The van der Waals surface area contributed by atoms with Crippen molar-refractivity contribution in [2.24, 2.45) is 5.92 Å². The molecule has 1 aliphatic rings. The SMILES string of the molecule is CCOc1cc(Cc2cnc(N)nc2N)cc(OCC2CC2)c1-c1cccc(O)c1. The molecule has 2 aromatic carbocycles. The molecule has 1 fully saturated rings. The molecule has 0 spiro atoms. The normalized spacial score (nSPS) is 13.2. The molecule has 1 saturated carbocycles. The van der Waals surface area contributed by atoms with E-state index in [0.717, 1.165) is 28.0 Å². The predicted octanol–water partition coefficient (Wildman–Crippen LogP) is 3.79. The lowest BCUT2D eigenvalue weighted by molar-refractivity contribution is 0.296. The van der Waals surface area contributed by atoms with Crippen LogP contribution in [0, 0.1) is 5.92 Å². The second-order valence-electron chi connectivity index (χ2n) is 7.52. The zero-order valence-electron chi connectivity index (χ0n) is 17.0. The Balaban J connectivity index is 1.77. The van der Waals surface area contributed by atoms with Crippen molar-refractivity contribution in [3.8, 4) is 28.4 Å². The minimum Gasteiger partial charge on any atom is -0.508 e. The Morgan fingerprint density at radius 1 is 1.10 bits per heavy atom. The van der Waals surface area contributed by atoms with Crippen LogP contribution in [0.5, 0.6) is 17.2 Å². The maximum atomic E-state index is 10.00. The second kappa shape index (κ2) is 8.49. The number of ether oxygens (including phenoxy) is 2. The van der Waals surface area contributed by atoms with Gasteiger partial charge in [0.15, 0.2) is 0 Å². The first kappa shape index (κ1) is 19.8. The summed E-state index contributed by atoms with van der Waals surface area (Å²) in [5.41, 5.74) is 15.1. The summed E-state index contributed by atoms with van der Waals surface area (Å²) in [6, 6.07) is 11.1. The molecule has 0 amide bonds. The zero-order valence-corrected chi connectivity index (χ0v) is 17.0. The Labute approximate surface area is 175 Å². The highest BCUT2D eigenvalue weighted by atomic mass is 16.5. The molecule has 3 aromatic rings. The molecule has 1 aliphatic carbocycles. The maximum Gasteiger partial charge on any atom is 0.221 e. The number of benzene rings is 2. The van der Waals surface area contributed by atoms with Gasteiger partial charge in [0.05, 0.1) is 18.8 Å². The number of phenolic OH excluding ortho intramolecular Hbond substituents is 1. The molecule has 1 aromatic heterocycles. The molecule has 7 heteroatoms. The highest BCUT2D eigenvalue weighted by molar-refractivity contribution is 5.78. The number of nitrogen functional groups attached to an aromatic ring is 2. The second-order valence-corrected chi connectivity index (χ2v) is 7.52. The van der Waals surface area contributed by atoms with E-state index in [1.807, 2.05) is 31.2 Å². The van der Waals surface area contributed by atoms with E-state index in [2.05, 4.69) is 9.97 Å². The van der Waals surface area contributed by atoms with E-state index in [0.29, 0.717) is 37.1 Å². The summed E-state index contributed by atoms with van der Waals surface area (Å²) in [4.78, 5) is 8.10. The molecule has 156 valence electrons. The Kier molecular flexibility index (Phi) is 5.61. The van der Waals surface area contributed by atoms with Gasteiger partial charge in [-0.1, -0.05) is 12.1 Å². The van der Waals surface area contributed by atoms with Gasteiger partial charge in [-0.05, 0) is 61.1 Å². The lowest BCUT2D eigenvalue weighted by Gasteiger charge is -2.18. The van der Waals surface area contributed by atoms with E-state index in [1.165, 1.54) is 12.8 Å². The van der Waals surface area contributed by atoms with Gasteiger partial charge >= 0.3 is 0 Å². The molecule has 0 saturated heterocycles. The number of rotatable bonds is 8. The highest BCUT2D eigenvalue weighted by Gasteiger charge is 2.24. The van der Waals surface area contributed by atoms with Crippen molar-refractivity contribution in [2.45, 2.75) is 26.2 Å². The first-order valence-corrected chi connectivity index (χ1v) is 10.1. The van der Waals surface area contributed by atoms with Crippen LogP contribution in [0.3, 0.4) is 0 Å². The fourth-order valence-electron chi connectivity index (χ4n) is 3.36. The van der Waals surface area contributed by atoms with Crippen LogP contribution in [0.1, 0.15) is 30.9 Å². The largest absolute Gasteiger partial charge is 0.508 e.